The first-order chi connectivity index (χ1) is 16.6. The molecule has 0 aliphatic rings. The highest BCUT2D eigenvalue weighted by Crippen LogP contribution is 2.05. The minimum Gasteiger partial charge on any atom is -0.481 e. The van der Waals surface area contributed by atoms with Crippen LogP contribution < -0.4 is 38.9 Å². The second-order valence-corrected chi connectivity index (χ2v) is 7.85. The van der Waals surface area contributed by atoms with Crippen molar-refractivity contribution in [2.75, 3.05) is 6.54 Å². The summed E-state index contributed by atoms with van der Waals surface area (Å²) in [6.07, 6.45) is -2.95. The topological polar surface area (TPSA) is 316 Å². The Morgan fingerprint density at radius 1 is 0.861 bits per heavy atom. The van der Waals surface area contributed by atoms with Crippen LogP contribution in [0, 0.1) is 0 Å². The molecule has 0 fully saturated rings. The molecule has 0 aliphatic heterocycles. The molecule has 0 aromatic rings. The zero-order valence-electron chi connectivity index (χ0n) is 19.7. The highest BCUT2D eigenvalue weighted by atomic mass is 16.4. The standard InChI is InChI=1S/C19H34N8O9/c1-8(28)14(27-15(32)9(20)7-12(21)29)17(34)25-10(4-5-13(30)31)16(33)26-11(18(35)36)3-2-6-24-19(22)23/h8-11,14,28H,2-7,20H2,1H3,(H2,21,29)(H,25,34)(H,26,33)(H,27,32)(H,30,31)(H,35,36)(H4,22,23,24). The van der Waals surface area contributed by atoms with Crippen molar-refractivity contribution in [1.82, 2.24) is 16.0 Å². The van der Waals surface area contributed by atoms with Crippen LogP contribution in [-0.4, -0.2) is 93.7 Å². The minimum atomic E-state index is -1.65. The Balaban J connectivity index is 5.49. The first kappa shape index (κ1) is 32.0. The predicted molar refractivity (Wildman–Crippen MR) is 124 cm³/mol. The van der Waals surface area contributed by atoms with E-state index in [0.29, 0.717) is 0 Å². The van der Waals surface area contributed by atoms with Crippen molar-refractivity contribution in [3.63, 3.8) is 0 Å². The van der Waals surface area contributed by atoms with Gasteiger partial charge in [0.2, 0.25) is 23.6 Å². The Labute approximate surface area is 206 Å². The summed E-state index contributed by atoms with van der Waals surface area (Å²) in [5.74, 6) is -6.87. The van der Waals surface area contributed by atoms with E-state index in [0.717, 1.165) is 6.92 Å². The number of rotatable bonds is 17. The number of carbonyl (C=O) groups is 6. The number of hydrogen-bond acceptors (Lipinski definition) is 9. The van der Waals surface area contributed by atoms with E-state index < -0.39 is 85.1 Å². The highest BCUT2D eigenvalue weighted by Gasteiger charge is 2.32. The summed E-state index contributed by atoms with van der Waals surface area (Å²) < 4.78 is 0. The number of amides is 4. The normalized spacial score (nSPS) is 14.8. The molecular weight excluding hydrogens is 484 g/mol. The van der Waals surface area contributed by atoms with Gasteiger partial charge in [0.25, 0.3) is 0 Å². The van der Waals surface area contributed by atoms with Gasteiger partial charge in [-0.2, -0.15) is 0 Å². The van der Waals surface area contributed by atoms with Crippen LogP contribution in [-0.2, 0) is 28.8 Å². The van der Waals surface area contributed by atoms with Crippen molar-refractivity contribution in [3.8, 4) is 0 Å². The maximum absolute atomic E-state index is 12.7. The number of hydrogen-bond donors (Lipinski definition) is 10. The van der Waals surface area contributed by atoms with E-state index in [9.17, 15) is 39.0 Å². The number of aliphatic hydroxyl groups excluding tert-OH is 1. The molecule has 0 bridgehead atoms. The molecule has 0 spiro atoms. The van der Waals surface area contributed by atoms with E-state index in [1.165, 1.54) is 0 Å². The van der Waals surface area contributed by atoms with Gasteiger partial charge >= 0.3 is 11.9 Å². The fourth-order valence-electron chi connectivity index (χ4n) is 2.81. The molecule has 17 nitrogen and oxygen atoms in total. The minimum absolute atomic E-state index is 0.0818. The average Bonchev–Trinajstić information content (AvgIpc) is 2.75. The predicted octanol–water partition coefficient (Wildman–Crippen LogP) is -4.97. The van der Waals surface area contributed by atoms with E-state index in [-0.39, 0.29) is 25.3 Å². The number of nitrogens with zero attached hydrogens (tertiary/aromatic N) is 1. The molecular formula is C19H34N8O9. The summed E-state index contributed by atoms with van der Waals surface area (Å²) in [6, 6.07) is -6.01. The van der Waals surface area contributed by atoms with Gasteiger partial charge < -0.3 is 54.2 Å². The van der Waals surface area contributed by atoms with Crippen molar-refractivity contribution in [2.45, 2.75) is 69.3 Å². The van der Waals surface area contributed by atoms with Crippen molar-refractivity contribution in [2.24, 2.45) is 27.9 Å². The number of carboxylic acid groups (broad SMARTS) is 2. The second kappa shape index (κ2) is 15.8. The molecule has 36 heavy (non-hydrogen) atoms. The van der Waals surface area contributed by atoms with Gasteiger partial charge in [0, 0.05) is 13.0 Å². The Morgan fingerprint density at radius 3 is 1.92 bits per heavy atom. The van der Waals surface area contributed by atoms with E-state index in [1.54, 1.807) is 0 Å². The van der Waals surface area contributed by atoms with Crippen LogP contribution in [0.2, 0.25) is 0 Å². The zero-order valence-corrected chi connectivity index (χ0v) is 19.7. The van der Waals surface area contributed by atoms with Crippen LogP contribution in [0.25, 0.3) is 0 Å². The largest absolute Gasteiger partial charge is 0.481 e. The van der Waals surface area contributed by atoms with Crippen LogP contribution in [0.3, 0.4) is 0 Å². The van der Waals surface area contributed by atoms with Gasteiger partial charge in [0.05, 0.1) is 18.6 Å². The number of aliphatic imine (C=N–C) groups is 1. The number of guanidine groups is 1. The van der Waals surface area contributed by atoms with Crippen LogP contribution >= 0.6 is 0 Å². The number of carbonyl (C=O) groups excluding carboxylic acids is 4. The van der Waals surface area contributed by atoms with Gasteiger partial charge in [0.15, 0.2) is 5.96 Å². The fourth-order valence-corrected chi connectivity index (χ4v) is 2.81. The van der Waals surface area contributed by atoms with Crippen molar-refractivity contribution in [1.29, 1.82) is 0 Å². The van der Waals surface area contributed by atoms with Crippen LogP contribution in [0.1, 0.15) is 39.0 Å². The molecule has 5 atom stereocenters. The molecule has 4 amide bonds. The third kappa shape index (κ3) is 13.0. The van der Waals surface area contributed by atoms with Gasteiger partial charge in [-0.15, -0.1) is 0 Å². The van der Waals surface area contributed by atoms with Crippen LogP contribution in [0.5, 0.6) is 0 Å². The molecule has 0 rings (SSSR count). The molecule has 0 radical (unpaired) electrons. The Morgan fingerprint density at radius 2 is 1.44 bits per heavy atom. The second-order valence-electron chi connectivity index (χ2n) is 7.85. The number of nitrogens with two attached hydrogens (primary N) is 4. The fraction of sp³-hybridized carbons (Fsp3) is 0.632. The van der Waals surface area contributed by atoms with E-state index in [4.69, 9.17) is 28.0 Å². The van der Waals surface area contributed by atoms with Gasteiger partial charge in [-0.3, -0.25) is 29.0 Å². The first-order valence-corrected chi connectivity index (χ1v) is 10.8. The number of aliphatic carboxylic acids is 2. The third-order valence-electron chi connectivity index (χ3n) is 4.66. The number of aliphatic hydroxyl groups is 1. The Hall–Kier alpha value is -3.99. The lowest BCUT2D eigenvalue weighted by atomic mass is 10.1. The smallest absolute Gasteiger partial charge is 0.326 e. The number of primary amides is 1. The lowest BCUT2D eigenvalue weighted by molar-refractivity contribution is -0.143. The monoisotopic (exact) mass is 518 g/mol. The maximum Gasteiger partial charge on any atom is 0.326 e. The summed E-state index contributed by atoms with van der Waals surface area (Å²) in [7, 11) is 0. The Bertz CT molecular complexity index is 845. The molecule has 0 heterocycles. The summed E-state index contributed by atoms with van der Waals surface area (Å²) in [4.78, 5) is 74.7. The molecule has 14 N–H and O–H groups in total. The van der Waals surface area contributed by atoms with Crippen LogP contribution in [0.15, 0.2) is 4.99 Å². The molecule has 17 heteroatoms. The summed E-state index contributed by atoms with van der Waals surface area (Å²) in [5.41, 5.74) is 20.9. The van der Waals surface area contributed by atoms with Gasteiger partial charge in [0.1, 0.15) is 18.1 Å². The lowest BCUT2D eigenvalue weighted by Crippen LogP contribution is -2.60. The molecule has 0 aliphatic carbocycles. The molecule has 0 saturated heterocycles. The molecule has 0 aromatic carbocycles. The molecule has 204 valence electrons. The molecule has 5 unspecified atom stereocenters. The van der Waals surface area contributed by atoms with E-state index >= 15 is 0 Å². The van der Waals surface area contributed by atoms with Crippen molar-refractivity contribution in [3.05, 3.63) is 0 Å². The van der Waals surface area contributed by atoms with Gasteiger partial charge in [-0.25, -0.2) is 4.79 Å². The first-order valence-electron chi connectivity index (χ1n) is 10.8. The Kier molecular flexibility index (Phi) is 14.1. The van der Waals surface area contributed by atoms with E-state index in [1.807, 2.05) is 0 Å². The molecule has 0 saturated carbocycles. The van der Waals surface area contributed by atoms with Crippen LogP contribution in [0.4, 0.5) is 0 Å². The third-order valence-corrected chi connectivity index (χ3v) is 4.66. The van der Waals surface area contributed by atoms with Gasteiger partial charge in [-0.1, -0.05) is 0 Å². The lowest BCUT2D eigenvalue weighted by Gasteiger charge is -2.26. The average molecular weight is 519 g/mol. The number of nitrogens with one attached hydrogen (secondary N) is 3. The summed E-state index contributed by atoms with van der Waals surface area (Å²) in [5, 5.41) is 34.8. The SMILES string of the molecule is CC(O)C(NC(=O)C(N)CC(N)=O)C(=O)NC(CCC(=O)O)C(=O)NC(CCCN=C(N)N)C(=O)O. The summed E-state index contributed by atoms with van der Waals surface area (Å²) in [6.45, 7) is 1.24. The van der Waals surface area contributed by atoms with E-state index in [2.05, 4.69) is 20.9 Å². The maximum atomic E-state index is 12.7. The van der Waals surface area contributed by atoms with Crippen molar-refractivity contribution >= 4 is 41.5 Å². The van der Waals surface area contributed by atoms with Crippen molar-refractivity contribution < 1.29 is 44.1 Å². The number of carboxylic acids is 2. The quantitative estimate of drug-likeness (QED) is 0.0491. The zero-order chi connectivity index (χ0) is 28.0. The summed E-state index contributed by atoms with van der Waals surface area (Å²) >= 11 is 0. The van der Waals surface area contributed by atoms with Gasteiger partial charge in [-0.05, 0) is 26.2 Å². The molecule has 0 aromatic heterocycles. The highest BCUT2D eigenvalue weighted by molar-refractivity contribution is 5.95.